The van der Waals surface area contributed by atoms with Gasteiger partial charge >= 0.3 is 0 Å². The van der Waals surface area contributed by atoms with Gasteiger partial charge in [-0.3, -0.25) is 0 Å². The highest BCUT2D eigenvalue weighted by atomic mass is 19.1. The zero-order chi connectivity index (χ0) is 12.3. The normalized spacial score (nSPS) is 9.71. The van der Waals surface area contributed by atoms with E-state index in [4.69, 9.17) is 10.00 Å². The van der Waals surface area contributed by atoms with Crippen molar-refractivity contribution in [1.29, 1.82) is 5.26 Å². The molecule has 0 aliphatic carbocycles. The topological polar surface area (TPSA) is 58.8 Å². The van der Waals surface area contributed by atoms with E-state index in [0.29, 0.717) is 11.3 Å². The van der Waals surface area contributed by atoms with Crippen LogP contribution in [0.15, 0.2) is 30.3 Å². The summed E-state index contributed by atoms with van der Waals surface area (Å²) in [5.74, 6) is 0.212. The SMILES string of the molecule is Cc1ccc(Oc2ccc(C#N)nn2)cc1F. The lowest BCUT2D eigenvalue weighted by atomic mass is 10.2. The number of hydrogen-bond acceptors (Lipinski definition) is 4. The summed E-state index contributed by atoms with van der Waals surface area (Å²) in [5.41, 5.74) is 0.746. The largest absolute Gasteiger partial charge is 0.437 e. The first-order valence-electron chi connectivity index (χ1n) is 4.87. The summed E-state index contributed by atoms with van der Waals surface area (Å²) in [5, 5.41) is 15.8. The Morgan fingerprint density at radius 1 is 1.24 bits per heavy atom. The van der Waals surface area contributed by atoms with Crippen LogP contribution in [0.1, 0.15) is 11.3 Å². The number of rotatable bonds is 2. The van der Waals surface area contributed by atoms with Crippen molar-refractivity contribution < 1.29 is 9.13 Å². The Labute approximate surface area is 97.3 Å². The number of hydrogen-bond donors (Lipinski definition) is 0. The first-order valence-corrected chi connectivity index (χ1v) is 4.87. The van der Waals surface area contributed by atoms with E-state index in [1.165, 1.54) is 18.2 Å². The maximum absolute atomic E-state index is 13.2. The standard InChI is InChI=1S/C12H8FN3O/c1-8-2-4-10(6-11(8)13)17-12-5-3-9(7-14)15-16-12/h2-6H,1H3. The Kier molecular flexibility index (Phi) is 2.97. The van der Waals surface area contributed by atoms with Gasteiger partial charge in [0.15, 0.2) is 5.69 Å². The van der Waals surface area contributed by atoms with E-state index in [9.17, 15) is 4.39 Å². The summed E-state index contributed by atoms with van der Waals surface area (Å²) in [7, 11) is 0. The fourth-order valence-electron chi connectivity index (χ4n) is 1.19. The Morgan fingerprint density at radius 2 is 2.06 bits per heavy atom. The molecule has 0 aliphatic heterocycles. The molecule has 0 saturated heterocycles. The van der Waals surface area contributed by atoms with Crippen molar-refractivity contribution in [2.45, 2.75) is 6.92 Å². The van der Waals surface area contributed by atoms with Crippen molar-refractivity contribution in [2.24, 2.45) is 0 Å². The lowest BCUT2D eigenvalue weighted by Gasteiger charge is -2.04. The van der Waals surface area contributed by atoms with Crippen molar-refractivity contribution in [3.8, 4) is 17.7 Å². The molecule has 5 heteroatoms. The zero-order valence-electron chi connectivity index (χ0n) is 9.01. The monoisotopic (exact) mass is 229 g/mol. The molecule has 2 aromatic rings. The Bertz CT molecular complexity index is 575. The van der Waals surface area contributed by atoms with Crippen LogP contribution in [0, 0.1) is 24.1 Å². The van der Waals surface area contributed by atoms with Gasteiger partial charge in [-0.15, -0.1) is 10.2 Å². The van der Waals surface area contributed by atoms with Gasteiger partial charge in [-0.1, -0.05) is 6.07 Å². The minimum absolute atomic E-state index is 0.201. The smallest absolute Gasteiger partial charge is 0.238 e. The molecule has 0 amide bonds. The molecule has 84 valence electrons. The molecule has 2 rings (SSSR count). The van der Waals surface area contributed by atoms with Crippen molar-refractivity contribution in [3.63, 3.8) is 0 Å². The molecular formula is C12H8FN3O. The molecule has 4 nitrogen and oxygen atoms in total. The van der Waals surface area contributed by atoms with Crippen molar-refractivity contribution in [2.75, 3.05) is 0 Å². The first kappa shape index (κ1) is 11.0. The van der Waals surface area contributed by atoms with Gasteiger partial charge in [-0.2, -0.15) is 5.26 Å². The second-order valence-corrected chi connectivity index (χ2v) is 3.38. The number of ether oxygens (including phenoxy) is 1. The second kappa shape index (κ2) is 4.58. The highest BCUT2D eigenvalue weighted by molar-refractivity contribution is 5.31. The molecule has 1 heterocycles. The van der Waals surface area contributed by atoms with Gasteiger partial charge in [0, 0.05) is 12.1 Å². The highest BCUT2D eigenvalue weighted by Gasteiger charge is 2.03. The number of aromatic nitrogens is 2. The maximum Gasteiger partial charge on any atom is 0.238 e. The first-order chi connectivity index (χ1) is 8.19. The molecule has 17 heavy (non-hydrogen) atoms. The van der Waals surface area contributed by atoms with Gasteiger partial charge in [-0.05, 0) is 24.6 Å². The van der Waals surface area contributed by atoms with E-state index < -0.39 is 0 Å². The van der Waals surface area contributed by atoms with Crippen LogP contribution in [0.5, 0.6) is 11.6 Å². The van der Waals surface area contributed by atoms with E-state index in [2.05, 4.69) is 10.2 Å². The minimum atomic E-state index is -0.343. The number of aryl methyl sites for hydroxylation is 1. The fraction of sp³-hybridized carbons (Fsp3) is 0.0833. The summed E-state index contributed by atoms with van der Waals surface area (Å²) in [6.45, 7) is 1.67. The molecule has 0 N–H and O–H groups in total. The Morgan fingerprint density at radius 3 is 2.65 bits per heavy atom. The number of benzene rings is 1. The lowest BCUT2D eigenvalue weighted by Crippen LogP contribution is -1.93. The van der Waals surface area contributed by atoms with Gasteiger partial charge in [0.05, 0.1) is 0 Å². The molecule has 0 saturated carbocycles. The lowest BCUT2D eigenvalue weighted by molar-refractivity contribution is 0.450. The van der Waals surface area contributed by atoms with Crippen LogP contribution in [0.2, 0.25) is 0 Å². The molecule has 0 unspecified atom stereocenters. The van der Waals surface area contributed by atoms with E-state index in [1.54, 1.807) is 19.1 Å². The second-order valence-electron chi connectivity index (χ2n) is 3.38. The van der Waals surface area contributed by atoms with Gasteiger partial charge < -0.3 is 4.74 Å². The zero-order valence-corrected chi connectivity index (χ0v) is 9.01. The van der Waals surface area contributed by atoms with Crippen LogP contribution in [-0.2, 0) is 0 Å². The van der Waals surface area contributed by atoms with E-state index in [1.807, 2.05) is 6.07 Å². The summed E-state index contributed by atoms with van der Waals surface area (Å²) in [6, 6.07) is 9.35. The average Bonchev–Trinajstić information content (AvgIpc) is 2.35. The predicted octanol–water partition coefficient (Wildman–Crippen LogP) is 2.59. The minimum Gasteiger partial charge on any atom is -0.437 e. The quantitative estimate of drug-likeness (QED) is 0.794. The Balaban J connectivity index is 2.20. The van der Waals surface area contributed by atoms with Gasteiger partial charge in [-0.25, -0.2) is 4.39 Å². The fourth-order valence-corrected chi connectivity index (χ4v) is 1.19. The van der Waals surface area contributed by atoms with Crippen LogP contribution in [-0.4, -0.2) is 10.2 Å². The molecular weight excluding hydrogens is 221 g/mol. The van der Waals surface area contributed by atoms with E-state index >= 15 is 0 Å². The number of nitrogens with zero attached hydrogens (tertiary/aromatic N) is 3. The summed E-state index contributed by atoms with van der Waals surface area (Å²) in [4.78, 5) is 0. The molecule has 0 fully saturated rings. The maximum atomic E-state index is 13.2. The van der Waals surface area contributed by atoms with Crippen LogP contribution in [0.25, 0.3) is 0 Å². The van der Waals surface area contributed by atoms with Crippen molar-refractivity contribution >= 4 is 0 Å². The molecule has 0 radical (unpaired) electrons. The molecule has 0 atom stereocenters. The molecule has 0 bridgehead atoms. The van der Waals surface area contributed by atoms with Crippen molar-refractivity contribution in [1.82, 2.24) is 10.2 Å². The summed E-state index contributed by atoms with van der Waals surface area (Å²) < 4.78 is 18.5. The third-order valence-corrected chi connectivity index (χ3v) is 2.12. The molecule has 1 aromatic heterocycles. The van der Waals surface area contributed by atoms with E-state index in [0.717, 1.165) is 0 Å². The highest BCUT2D eigenvalue weighted by Crippen LogP contribution is 2.21. The molecule has 0 spiro atoms. The summed E-state index contributed by atoms with van der Waals surface area (Å²) >= 11 is 0. The van der Waals surface area contributed by atoms with Crippen LogP contribution in [0.4, 0.5) is 4.39 Å². The van der Waals surface area contributed by atoms with Gasteiger partial charge in [0.1, 0.15) is 17.6 Å². The molecule has 0 aliphatic rings. The van der Waals surface area contributed by atoms with E-state index in [-0.39, 0.29) is 17.4 Å². The van der Waals surface area contributed by atoms with Gasteiger partial charge in [0.25, 0.3) is 0 Å². The van der Waals surface area contributed by atoms with Crippen LogP contribution >= 0.6 is 0 Å². The third kappa shape index (κ3) is 2.55. The average molecular weight is 229 g/mol. The van der Waals surface area contributed by atoms with Crippen LogP contribution in [0.3, 0.4) is 0 Å². The Hall–Kier alpha value is -2.48. The van der Waals surface area contributed by atoms with Crippen LogP contribution < -0.4 is 4.74 Å². The number of halogens is 1. The number of nitriles is 1. The molecule has 1 aromatic carbocycles. The summed E-state index contributed by atoms with van der Waals surface area (Å²) in [6.07, 6.45) is 0. The van der Waals surface area contributed by atoms with Gasteiger partial charge in [0.2, 0.25) is 5.88 Å². The van der Waals surface area contributed by atoms with Crippen molar-refractivity contribution in [3.05, 3.63) is 47.4 Å². The third-order valence-electron chi connectivity index (χ3n) is 2.12. The predicted molar refractivity (Wildman–Crippen MR) is 58.0 cm³/mol.